The second-order valence-electron chi connectivity index (χ2n) is 3.30. The Morgan fingerprint density at radius 3 is 3.08 bits per heavy atom. The normalized spacial score (nSPS) is 24.8. The van der Waals surface area contributed by atoms with E-state index in [0.29, 0.717) is 0 Å². The molecule has 0 aliphatic carbocycles. The van der Waals surface area contributed by atoms with Crippen molar-refractivity contribution in [2.45, 2.75) is 12.5 Å². The fourth-order valence-corrected chi connectivity index (χ4v) is 2.06. The lowest BCUT2D eigenvalue weighted by Gasteiger charge is -2.27. The van der Waals surface area contributed by atoms with Gasteiger partial charge in [-0.05, 0) is 6.42 Å². The average Bonchev–Trinajstić information content (AvgIpc) is 2.04. The highest BCUT2D eigenvalue weighted by molar-refractivity contribution is 8.00. The topological polar surface area (TPSA) is 21.3 Å². The molecule has 1 fully saturated rings. The van der Waals surface area contributed by atoms with Gasteiger partial charge in [-0.1, -0.05) is 11.6 Å². The van der Waals surface area contributed by atoms with E-state index in [2.05, 4.69) is 11.4 Å². The van der Waals surface area contributed by atoms with Gasteiger partial charge in [0.05, 0.1) is 13.2 Å². The van der Waals surface area contributed by atoms with E-state index >= 15 is 0 Å². The zero-order valence-electron chi connectivity index (χ0n) is 7.21. The van der Waals surface area contributed by atoms with E-state index < -0.39 is 0 Å². The van der Waals surface area contributed by atoms with Crippen LogP contribution in [0.2, 0.25) is 0 Å². The Labute approximate surface area is 77.7 Å². The van der Waals surface area contributed by atoms with Gasteiger partial charge in [0.2, 0.25) is 0 Å². The first-order chi connectivity index (χ1) is 5.95. The Morgan fingerprint density at radius 2 is 2.50 bits per heavy atom. The number of nitrogens with one attached hydrogen (secondary N) is 1. The van der Waals surface area contributed by atoms with Crippen molar-refractivity contribution < 1.29 is 4.74 Å². The van der Waals surface area contributed by atoms with Gasteiger partial charge in [0.1, 0.15) is 0 Å². The summed E-state index contributed by atoms with van der Waals surface area (Å²) in [6, 6.07) is 0.777. The number of hydrogen-bond acceptors (Lipinski definition) is 3. The Morgan fingerprint density at radius 1 is 1.58 bits per heavy atom. The molecule has 3 heteroatoms. The monoisotopic (exact) mass is 185 g/mol. The molecule has 0 aromatic rings. The van der Waals surface area contributed by atoms with E-state index in [0.717, 1.165) is 32.2 Å². The lowest BCUT2D eigenvalue weighted by Crippen LogP contribution is -2.41. The molecule has 68 valence electrons. The quantitative estimate of drug-likeness (QED) is 0.664. The molecule has 1 saturated heterocycles. The molecule has 0 saturated carbocycles. The van der Waals surface area contributed by atoms with Crippen LogP contribution < -0.4 is 5.32 Å². The fraction of sp³-hybridized carbons (Fsp3) is 0.778. The molecule has 12 heavy (non-hydrogen) atoms. The molecule has 0 amide bonds. The summed E-state index contributed by atoms with van der Waals surface area (Å²) in [5.41, 5.74) is 1.53. The van der Waals surface area contributed by atoms with Crippen LogP contribution in [0.15, 0.2) is 11.6 Å². The summed E-state index contributed by atoms with van der Waals surface area (Å²) in [7, 11) is 0. The van der Waals surface area contributed by atoms with Crippen LogP contribution in [-0.2, 0) is 4.74 Å². The molecule has 0 radical (unpaired) electrons. The van der Waals surface area contributed by atoms with Crippen molar-refractivity contribution in [3.05, 3.63) is 11.6 Å². The molecule has 1 N–H and O–H groups in total. The predicted molar refractivity (Wildman–Crippen MR) is 52.6 cm³/mol. The van der Waals surface area contributed by atoms with Crippen LogP contribution in [0, 0.1) is 0 Å². The van der Waals surface area contributed by atoms with E-state index in [1.54, 1.807) is 0 Å². The summed E-state index contributed by atoms with van der Waals surface area (Å²) >= 11 is 2.03. The Balaban J connectivity index is 1.67. The van der Waals surface area contributed by atoms with Crippen molar-refractivity contribution in [1.29, 1.82) is 0 Å². The van der Waals surface area contributed by atoms with Gasteiger partial charge in [-0.2, -0.15) is 11.8 Å². The van der Waals surface area contributed by atoms with Crippen LogP contribution >= 0.6 is 11.8 Å². The van der Waals surface area contributed by atoms with Crippen molar-refractivity contribution in [2.24, 2.45) is 0 Å². The smallest absolute Gasteiger partial charge is 0.0650 e. The molecule has 0 bridgehead atoms. The first kappa shape index (κ1) is 8.60. The van der Waals surface area contributed by atoms with Crippen LogP contribution in [-0.4, -0.2) is 37.3 Å². The number of rotatable bonds is 3. The molecule has 0 spiro atoms. The van der Waals surface area contributed by atoms with Crippen molar-refractivity contribution >= 4 is 11.8 Å². The number of ether oxygens (including phenoxy) is 1. The van der Waals surface area contributed by atoms with Crippen LogP contribution in [0.4, 0.5) is 0 Å². The van der Waals surface area contributed by atoms with E-state index in [1.807, 2.05) is 11.8 Å². The van der Waals surface area contributed by atoms with E-state index in [9.17, 15) is 0 Å². The maximum atomic E-state index is 5.24. The highest BCUT2D eigenvalue weighted by Gasteiger charge is 2.17. The van der Waals surface area contributed by atoms with Gasteiger partial charge in [-0.3, -0.25) is 0 Å². The summed E-state index contributed by atoms with van der Waals surface area (Å²) in [5.74, 6) is 2.59. The average molecular weight is 185 g/mol. The van der Waals surface area contributed by atoms with Crippen molar-refractivity contribution in [2.75, 3.05) is 31.3 Å². The fourth-order valence-electron chi connectivity index (χ4n) is 1.35. The van der Waals surface area contributed by atoms with Gasteiger partial charge in [0, 0.05) is 24.1 Å². The summed E-state index contributed by atoms with van der Waals surface area (Å²) in [6.45, 7) is 2.80. The standard InChI is InChI=1S/C9H15NOS/c1-3-11-4-2-8(1)5-10-9-6-12-7-9/h1,9-10H,2-7H2. The molecule has 0 unspecified atom stereocenters. The van der Waals surface area contributed by atoms with Gasteiger partial charge in [-0.15, -0.1) is 0 Å². The Kier molecular flexibility index (Phi) is 3.08. The van der Waals surface area contributed by atoms with Gasteiger partial charge in [-0.25, -0.2) is 0 Å². The minimum absolute atomic E-state index is 0.777. The van der Waals surface area contributed by atoms with Gasteiger partial charge in [0.15, 0.2) is 0 Å². The number of thioether (sulfide) groups is 1. The van der Waals surface area contributed by atoms with E-state index in [1.165, 1.54) is 17.1 Å². The second-order valence-corrected chi connectivity index (χ2v) is 4.38. The third-order valence-electron chi connectivity index (χ3n) is 2.31. The second kappa shape index (κ2) is 4.30. The number of hydrogen-bond donors (Lipinski definition) is 1. The minimum atomic E-state index is 0.777. The summed E-state index contributed by atoms with van der Waals surface area (Å²) < 4.78 is 5.24. The highest BCUT2D eigenvalue weighted by atomic mass is 32.2. The van der Waals surface area contributed by atoms with Crippen LogP contribution in [0.3, 0.4) is 0 Å². The first-order valence-electron chi connectivity index (χ1n) is 4.52. The third-order valence-corrected chi connectivity index (χ3v) is 3.59. The molecule has 0 atom stereocenters. The molecular formula is C9H15NOS. The molecule has 0 aromatic heterocycles. The summed E-state index contributed by atoms with van der Waals surface area (Å²) in [6.07, 6.45) is 3.33. The summed E-state index contributed by atoms with van der Waals surface area (Å²) in [4.78, 5) is 0. The van der Waals surface area contributed by atoms with Crippen molar-refractivity contribution in [1.82, 2.24) is 5.32 Å². The van der Waals surface area contributed by atoms with E-state index in [-0.39, 0.29) is 0 Å². The Hall–Kier alpha value is 0.01000. The third kappa shape index (κ3) is 2.25. The van der Waals surface area contributed by atoms with Crippen molar-refractivity contribution in [3.63, 3.8) is 0 Å². The molecule has 2 nitrogen and oxygen atoms in total. The molecule has 2 aliphatic rings. The highest BCUT2D eigenvalue weighted by Crippen LogP contribution is 2.17. The van der Waals surface area contributed by atoms with Gasteiger partial charge in [0.25, 0.3) is 0 Å². The summed E-state index contributed by atoms with van der Waals surface area (Å²) in [5, 5.41) is 3.54. The maximum absolute atomic E-state index is 5.24. The Bertz CT molecular complexity index is 177. The van der Waals surface area contributed by atoms with E-state index in [4.69, 9.17) is 4.74 Å². The SMILES string of the molecule is C1=C(CNC2CSC2)CCOC1. The predicted octanol–water partition coefficient (Wildman–Crippen LogP) is 1.04. The van der Waals surface area contributed by atoms with Crippen LogP contribution in [0.5, 0.6) is 0 Å². The molecule has 2 heterocycles. The first-order valence-corrected chi connectivity index (χ1v) is 5.67. The lowest BCUT2D eigenvalue weighted by atomic mass is 10.1. The maximum Gasteiger partial charge on any atom is 0.0650 e. The van der Waals surface area contributed by atoms with Gasteiger partial charge < -0.3 is 10.1 Å². The molecule has 0 aromatic carbocycles. The zero-order valence-corrected chi connectivity index (χ0v) is 8.03. The molecule has 2 rings (SSSR count). The molecular weight excluding hydrogens is 170 g/mol. The van der Waals surface area contributed by atoms with Gasteiger partial charge >= 0.3 is 0 Å². The van der Waals surface area contributed by atoms with Crippen molar-refractivity contribution in [3.8, 4) is 0 Å². The zero-order chi connectivity index (χ0) is 8.23. The lowest BCUT2D eigenvalue weighted by molar-refractivity contribution is 0.153. The van der Waals surface area contributed by atoms with Crippen LogP contribution in [0.25, 0.3) is 0 Å². The minimum Gasteiger partial charge on any atom is -0.377 e. The molecule has 2 aliphatic heterocycles. The van der Waals surface area contributed by atoms with Crippen LogP contribution in [0.1, 0.15) is 6.42 Å². The largest absolute Gasteiger partial charge is 0.377 e.